The van der Waals surface area contributed by atoms with Gasteiger partial charge >= 0.3 is 6.36 Å². The van der Waals surface area contributed by atoms with Crippen LogP contribution < -0.4 is 4.74 Å². The smallest absolute Gasteiger partial charge is 0.406 e. The number of benzene rings is 1. The van der Waals surface area contributed by atoms with E-state index in [9.17, 15) is 23.1 Å². The Kier molecular flexibility index (Phi) is 3.54. The van der Waals surface area contributed by atoms with Crippen molar-refractivity contribution in [2.24, 2.45) is 0 Å². The SMILES string of the molecule is CC(=O)C(O)c1ccc(OC(F)(F)F)cc1. The fourth-order valence-electron chi connectivity index (χ4n) is 1.09. The lowest BCUT2D eigenvalue weighted by Gasteiger charge is -2.10. The molecule has 1 aromatic rings. The van der Waals surface area contributed by atoms with Gasteiger partial charge in [0.15, 0.2) is 5.78 Å². The van der Waals surface area contributed by atoms with Crippen LogP contribution in [0.2, 0.25) is 0 Å². The summed E-state index contributed by atoms with van der Waals surface area (Å²) < 4.78 is 39.0. The zero-order valence-electron chi connectivity index (χ0n) is 8.28. The highest BCUT2D eigenvalue weighted by atomic mass is 19.4. The lowest BCUT2D eigenvalue weighted by Crippen LogP contribution is -2.17. The Morgan fingerprint density at radius 3 is 2.19 bits per heavy atom. The van der Waals surface area contributed by atoms with E-state index in [4.69, 9.17) is 0 Å². The van der Waals surface area contributed by atoms with E-state index in [0.717, 1.165) is 12.1 Å². The van der Waals surface area contributed by atoms with E-state index in [0.29, 0.717) is 0 Å². The molecule has 3 nitrogen and oxygen atoms in total. The largest absolute Gasteiger partial charge is 0.573 e. The molecule has 1 aromatic carbocycles. The van der Waals surface area contributed by atoms with Crippen molar-refractivity contribution in [1.82, 2.24) is 0 Å². The topological polar surface area (TPSA) is 46.5 Å². The van der Waals surface area contributed by atoms with Gasteiger partial charge in [0, 0.05) is 0 Å². The summed E-state index contributed by atoms with van der Waals surface area (Å²) in [6, 6.07) is 4.48. The lowest BCUT2D eigenvalue weighted by atomic mass is 10.1. The van der Waals surface area contributed by atoms with Crippen LogP contribution in [-0.4, -0.2) is 17.3 Å². The molecule has 0 amide bonds. The minimum Gasteiger partial charge on any atom is -0.406 e. The standard InChI is InChI=1S/C10H9F3O3/c1-6(14)9(15)7-2-4-8(5-3-7)16-10(11,12)13/h2-5,9,15H,1H3. The normalized spacial score (nSPS) is 13.3. The van der Waals surface area contributed by atoms with E-state index in [-0.39, 0.29) is 5.56 Å². The summed E-state index contributed by atoms with van der Waals surface area (Å²) in [4.78, 5) is 10.8. The van der Waals surface area contributed by atoms with Gasteiger partial charge in [0.1, 0.15) is 11.9 Å². The molecule has 0 saturated carbocycles. The van der Waals surface area contributed by atoms with Gasteiger partial charge in [0.25, 0.3) is 0 Å². The highest BCUT2D eigenvalue weighted by Crippen LogP contribution is 2.24. The summed E-state index contributed by atoms with van der Waals surface area (Å²) in [6.07, 6.45) is -6.07. The van der Waals surface area contributed by atoms with Gasteiger partial charge in [-0.05, 0) is 24.6 Å². The second-order valence-electron chi connectivity index (χ2n) is 3.13. The van der Waals surface area contributed by atoms with Crippen molar-refractivity contribution in [3.05, 3.63) is 29.8 Å². The van der Waals surface area contributed by atoms with Crippen LogP contribution in [0.15, 0.2) is 24.3 Å². The van der Waals surface area contributed by atoms with Crippen LogP contribution in [0.5, 0.6) is 5.75 Å². The fraction of sp³-hybridized carbons (Fsp3) is 0.300. The molecule has 0 aliphatic heterocycles. The van der Waals surface area contributed by atoms with Gasteiger partial charge < -0.3 is 9.84 Å². The van der Waals surface area contributed by atoms with Gasteiger partial charge in [-0.3, -0.25) is 4.79 Å². The maximum atomic E-state index is 11.8. The van der Waals surface area contributed by atoms with Crippen LogP contribution in [0.25, 0.3) is 0 Å². The van der Waals surface area contributed by atoms with Crippen LogP contribution in [0, 0.1) is 0 Å². The quantitative estimate of drug-likeness (QED) is 0.872. The molecular formula is C10H9F3O3. The summed E-state index contributed by atoms with van der Waals surface area (Å²) in [6.45, 7) is 1.19. The number of carbonyl (C=O) groups is 1. The van der Waals surface area contributed by atoms with Crippen molar-refractivity contribution in [2.75, 3.05) is 0 Å². The summed E-state index contributed by atoms with van der Waals surface area (Å²) in [5, 5.41) is 9.31. The van der Waals surface area contributed by atoms with Gasteiger partial charge in [-0.25, -0.2) is 0 Å². The molecule has 88 valence electrons. The van der Waals surface area contributed by atoms with Gasteiger partial charge in [0.2, 0.25) is 0 Å². The lowest BCUT2D eigenvalue weighted by molar-refractivity contribution is -0.274. The maximum Gasteiger partial charge on any atom is 0.573 e. The monoisotopic (exact) mass is 234 g/mol. The number of aliphatic hydroxyl groups excluding tert-OH is 1. The van der Waals surface area contributed by atoms with Crippen LogP contribution in [0.1, 0.15) is 18.6 Å². The Labute approximate surface area is 89.5 Å². The van der Waals surface area contributed by atoms with E-state index in [2.05, 4.69) is 4.74 Å². The second-order valence-corrected chi connectivity index (χ2v) is 3.13. The zero-order chi connectivity index (χ0) is 12.3. The summed E-state index contributed by atoms with van der Waals surface area (Å²) in [7, 11) is 0. The highest BCUT2D eigenvalue weighted by molar-refractivity contribution is 5.81. The number of Topliss-reactive ketones (excluding diaryl/α,β-unsaturated/α-hetero) is 1. The van der Waals surface area contributed by atoms with E-state index < -0.39 is 24.0 Å². The van der Waals surface area contributed by atoms with Crippen molar-refractivity contribution in [3.63, 3.8) is 0 Å². The Morgan fingerprint density at radius 1 is 1.31 bits per heavy atom. The van der Waals surface area contributed by atoms with E-state index in [1.165, 1.54) is 19.1 Å². The molecule has 0 aliphatic carbocycles. The molecule has 1 rings (SSSR count). The van der Waals surface area contributed by atoms with Crippen LogP contribution in [0.3, 0.4) is 0 Å². The van der Waals surface area contributed by atoms with Gasteiger partial charge in [-0.15, -0.1) is 13.2 Å². The van der Waals surface area contributed by atoms with Crippen LogP contribution in [0.4, 0.5) is 13.2 Å². The minimum atomic E-state index is -4.75. The molecule has 1 unspecified atom stereocenters. The molecule has 0 spiro atoms. The zero-order valence-corrected chi connectivity index (χ0v) is 8.28. The number of hydrogen-bond acceptors (Lipinski definition) is 3. The summed E-state index contributed by atoms with van der Waals surface area (Å²) in [5.41, 5.74) is 0.224. The van der Waals surface area contributed by atoms with Crippen molar-refractivity contribution < 1.29 is 27.8 Å². The second kappa shape index (κ2) is 4.52. The molecule has 6 heteroatoms. The number of alkyl halides is 3. The van der Waals surface area contributed by atoms with Crippen molar-refractivity contribution in [2.45, 2.75) is 19.4 Å². The van der Waals surface area contributed by atoms with E-state index in [1.807, 2.05) is 0 Å². The first-order valence-electron chi connectivity index (χ1n) is 4.34. The third-order valence-corrected chi connectivity index (χ3v) is 1.81. The van der Waals surface area contributed by atoms with E-state index >= 15 is 0 Å². The molecule has 0 aliphatic rings. The molecule has 16 heavy (non-hydrogen) atoms. The number of halogens is 3. The average molecular weight is 234 g/mol. The van der Waals surface area contributed by atoms with Crippen LogP contribution in [-0.2, 0) is 4.79 Å². The molecule has 1 N–H and O–H groups in total. The number of aliphatic hydroxyl groups is 1. The first-order valence-corrected chi connectivity index (χ1v) is 4.34. The highest BCUT2D eigenvalue weighted by Gasteiger charge is 2.31. The van der Waals surface area contributed by atoms with Gasteiger partial charge in [0.05, 0.1) is 0 Å². The first-order chi connectivity index (χ1) is 7.29. The third kappa shape index (κ3) is 3.54. The number of ether oxygens (including phenoxy) is 1. The Balaban J connectivity index is 2.79. The number of ketones is 1. The molecule has 1 atom stereocenters. The van der Waals surface area contributed by atoms with Gasteiger partial charge in [-0.1, -0.05) is 12.1 Å². The first kappa shape index (κ1) is 12.5. The molecule has 0 fully saturated rings. The summed E-state index contributed by atoms with van der Waals surface area (Å²) >= 11 is 0. The molecule has 0 radical (unpaired) electrons. The molecular weight excluding hydrogens is 225 g/mol. The van der Waals surface area contributed by atoms with Crippen molar-refractivity contribution >= 4 is 5.78 Å². The Bertz CT molecular complexity index is 370. The maximum absolute atomic E-state index is 11.8. The third-order valence-electron chi connectivity index (χ3n) is 1.81. The Hall–Kier alpha value is -1.56. The number of rotatable bonds is 3. The predicted molar refractivity (Wildman–Crippen MR) is 48.8 cm³/mol. The number of hydrogen-bond donors (Lipinski definition) is 1. The summed E-state index contributed by atoms with van der Waals surface area (Å²) in [5.74, 6) is -0.878. The fourth-order valence-corrected chi connectivity index (χ4v) is 1.09. The van der Waals surface area contributed by atoms with Crippen molar-refractivity contribution in [1.29, 1.82) is 0 Å². The van der Waals surface area contributed by atoms with E-state index in [1.54, 1.807) is 0 Å². The minimum absolute atomic E-state index is 0.224. The predicted octanol–water partition coefficient (Wildman–Crippen LogP) is 2.21. The molecule has 0 saturated heterocycles. The van der Waals surface area contributed by atoms with Crippen molar-refractivity contribution in [3.8, 4) is 5.75 Å². The average Bonchev–Trinajstić information content (AvgIpc) is 2.15. The number of carbonyl (C=O) groups excluding carboxylic acids is 1. The Morgan fingerprint density at radius 2 is 1.81 bits per heavy atom. The van der Waals surface area contributed by atoms with Gasteiger partial charge in [-0.2, -0.15) is 0 Å². The molecule has 0 heterocycles. The molecule has 0 aromatic heterocycles. The molecule has 0 bridgehead atoms. The van der Waals surface area contributed by atoms with Crippen LogP contribution >= 0.6 is 0 Å².